The molecule has 0 aliphatic carbocycles. The number of H-pyrrole nitrogens is 2. The first kappa shape index (κ1) is 23.2. The molecule has 0 unspecified atom stereocenters. The van der Waals surface area contributed by atoms with Gasteiger partial charge >= 0.3 is 5.69 Å². The predicted octanol–water partition coefficient (Wildman–Crippen LogP) is 2.72. The average Bonchev–Trinajstić information content (AvgIpc) is 3.17. The van der Waals surface area contributed by atoms with Gasteiger partial charge in [-0.05, 0) is 55.3 Å². The second-order valence-electron chi connectivity index (χ2n) is 7.58. The second kappa shape index (κ2) is 9.87. The third-order valence-corrected chi connectivity index (χ3v) is 6.09. The maximum atomic E-state index is 13.5. The number of carbonyl (C=O) groups excluding carboxylic acids is 1. The van der Waals surface area contributed by atoms with Gasteiger partial charge in [0.1, 0.15) is 11.6 Å². The van der Waals surface area contributed by atoms with Gasteiger partial charge < -0.3 is 10.3 Å². The van der Waals surface area contributed by atoms with Crippen LogP contribution in [0.3, 0.4) is 0 Å². The van der Waals surface area contributed by atoms with Crippen molar-refractivity contribution in [2.24, 2.45) is 0 Å². The monoisotopic (exact) mass is 480 g/mol. The number of hydrogen-bond acceptors (Lipinski definition) is 6. The molecule has 0 saturated heterocycles. The number of benzene rings is 2. The number of hydrogen-bond donors (Lipinski definition) is 3. The molecule has 0 radical (unpaired) electrons. The molecule has 2 aromatic carbocycles. The molecule has 4 aromatic rings. The summed E-state index contributed by atoms with van der Waals surface area (Å²) < 4.78 is 15.2. The van der Waals surface area contributed by atoms with Crippen LogP contribution in [0.2, 0.25) is 0 Å². The maximum Gasteiger partial charge on any atom is 0.325 e. The number of carbonyl (C=O) groups is 1. The predicted molar refractivity (Wildman–Crippen MR) is 127 cm³/mol. The molecule has 4 rings (SSSR count). The van der Waals surface area contributed by atoms with E-state index in [1.807, 2.05) is 32.0 Å². The Hall–Kier alpha value is -3.99. The highest BCUT2D eigenvalue weighted by Crippen LogP contribution is 2.24. The van der Waals surface area contributed by atoms with Crippen molar-refractivity contribution >= 4 is 23.4 Å². The lowest BCUT2D eigenvalue weighted by Crippen LogP contribution is -2.23. The number of amides is 1. The quantitative estimate of drug-likeness (QED) is 0.349. The molecule has 0 atom stereocenters. The van der Waals surface area contributed by atoms with Gasteiger partial charge in [-0.2, -0.15) is 0 Å². The fourth-order valence-corrected chi connectivity index (χ4v) is 4.12. The zero-order valence-electron chi connectivity index (χ0n) is 18.4. The summed E-state index contributed by atoms with van der Waals surface area (Å²) in [5.41, 5.74) is 2.55. The zero-order chi connectivity index (χ0) is 24.2. The van der Waals surface area contributed by atoms with Crippen LogP contribution in [0.25, 0.3) is 5.69 Å². The first-order chi connectivity index (χ1) is 16.3. The molecule has 9 nitrogen and oxygen atoms in total. The van der Waals surface area contributed by atoms with Crippen molar-refractivity contribution in [1.82, 2.24) is 24.7 Å². The van der Waals surface area contributed by atoms with Crippen LogP contribution in [0.1, 0.15) is 22.6 Å². The van der Waals surface area contributed by atoms with Crippen LogP contribution in [-0.2, 0) is 11.2 Å². The lowest BCUT2D eigenvalue weighted by Gasteiger charge is -2.12. The third-order valence-electron chi connectivity index (χ3n) is 5.16. The van der Waals surface area contributed by atoms with E-state index >= 15 is 0 Å². The minimum absolute atomic E-state index is 0.0640. The Bertz CT molecular complexity index is 1430. The maximum absolute atomic E-state index is 13.5. The smallest absolute Gasteiger partial charge is 0.325 e. The highest BCUT2D eigenvalue weighted by atomic mass is 32.2. The number of aromatic amines is 2. The van der Waals surface area contributed by atoms with E-state index in [4.69, 9.17) is 0 Å². The Kier molecular flexibility index (Phi) is 6.73. The summed E-state index contributed by atoms with van der Waals surface area (Å²) in [6, 6.07) is 12.7. The van der Waals surface area contributed by atoms with Gasteiger partial charge in [0.15, 0.2) is 5.16 Å². The summed E-state index contributed by atoms with van der Waals surface area (Å²) >= 11 is 1.16. The lowest BCUT2D eigenvalue weighted by atomic mass is 10.1. The van der Waals surface area contributed by atoms with Crippen LogP contribution >= 0.6 is 11.8 Å². The second-order valence-corrected chi connectivity index (χ2v) is 8.53. The molecule has 2 heterocycles. The van der Waals surface area contributed by atoms with E-state index in [9.17, 15) is 18.8 Å². The molecular weight excluding hydrogens is 459 g/mol. The standard InChI is InChI=1S/C23H21FN6O3S/c1-13-4-3-5-18(14(13)2)26-21(32)12-34-23-29-28-19(10-16-11-20(31)27-22(33)25-16)30(23)17-8-6-15(24)7-9-17/h3-9,11H,10,12H2,1-2H3,(H,26,32)(H2,25,27,31,33). The molecule has 0 saturated carbocycles. The third kappa shape index (κ3) is 5.31. The number of nitrogens with one attached hydrogen (secondary N) is 3. The van der Waals surface area contributed by atoms with Crippen LogP contribution in [0.4, 0.5) is 10.1 Å². The molecule has 0 aliphatic heterocycles. The van der Waals surface area contributed by atoms with Crippen LogP contribution in [0.15, 0.2) is 63.3 Å². The number of thioether (sulfide) groups is 1. The highest BCUT2D eigenvalue weighted by Gasteiger charge is 2.17. The Morgan fingerprint density at radius 3 is 2.59 bits per heavy atom. The molecule has 174 valence electrons. The Balaban J connectivity index is 1.59. The summed E-state index contributed by atoms with van der Waals surface area (Å²) in [6.07, 6.45) is 0.0960. The van der Waals surface area contributed by atoms with Gasteiger partial charge in [0, 0.05) is 29.6 Å². The molecule has 0 spiro atoms. The van der Waals surface area contributed by atoms with E-state index in [-0.39, 0.29) is 18.1 Å². The molecule has 1 amide bonds. The van der Waals surface area contributed by atoms with Gasteiger partial charge in [-0.15, -0.1) is 10.2 Å². The Morgan fingerprint density at radius 1 is 1.09 bits per heavy atom. The number of rotatable bonds is 7. The van der Waals surface area contributed by atoms with Crippen LogP contribution in [0, 0.1) is 19.7 Å². The van der Waals surface area contributed by atoms with Gasteiger partial charge in [-0.1, -0.05) is 23.9 Å². The Labute approximate surface area is 197 Å². The van der Waals surface area contributed by atoms with Crippen LogP contribution in [0.5, 0.6) is 0 Å². The fourth-order valence-electron chi connectivity index (χ4n) is 3.35. The molecule has 0 fully saturated rings. The van der Waals surface area contributed by atoms with E-state index in [0.29, 0.717) is 22.4 Å². The van der Waals surface area contributed by atoms with Gasteiger partial charge in [-0.3, -0.25) is 19.1 Å². The van der Waals surface area contributed by atoms with Crippen LogP contribution in [-0.4, -0.2) is 36.4 Å². The summed E-state index contributed by atoms with van der Waals surface area (Å²) in [6.45, 7) is 3.91. The summed E-state index contributed by atoms with van der Waals surface area (Å²) in [4.78, 5) is 40.6. The van der Waals surface area contributed by atoms with Crippen molar-refractivity contribution in [3.05, 3.63) is 97.8 Å². The molecule has 34 heavy (non-hydrogen) atoms. The van der Waals surface area contributed by atoms with Crippen molar-refractivity contribution in [2.75, 3.05) is 11.1 Å². The summed E-state index contributed by atoms with van der Waals surface area (Å²) in [5.74, 6) is -0.147. The first-order valence-electron chi connectivity index (χ1n) is 10.3. The normalized spacial score (nSPS) is 10.9. The lowest BCUT2D eigenvalue weighted by molar-refractivity contribution is -0.113. The van der Waals surface area contributed by atoms with Crippen molar-refractivity contribution in [1.29, 1.82) is 0 Å². The van der Waals surface area contributed by atoms with Crippen LogP contribution < -0.4 is 16.6 Å². The van der Waals surface area contributed by atoms with Crippen molar-refractivity contribution in [3.8, 4) is 5.69 Å². The van der Waals surface area contributed by atoms with Gasteiger partial charge in [0.25, 0.3) is 5.56 Å². The number of aromatic nitrogens is 5. The fraction of sp³-hybridized carbons (Fsp3) is 0.174. The number of anilines is 1. The number of nitrogens with zero attached hydrogens (tertiary/aromatic N) is 3. The summed E-state index contributed by atoms with van der Waals surface area (Å²) in [5, 5.41) is 11.7. The zero-order valence-corrected chi connectivity index (χ0v) is 19.2. The largest absolute Gasteiger partial charge is 0.325 e. The molecule has 2 aromatic heterocycles. The minimum atomic E-state index is -0.631. The molecule has 0 bridgehead atoms. The Morgan fingerprint density at radius 2 is 1.85 bits per heavy atom. The number of halogens is 1. The van der Waals surface area contributed by atoms with E-state index in [1.165, 1.54) is 18.2 Å². The van der Waals surface area contributed by atoms with Gasteiger partial charge in [-0.25, -0.2) is 9.18 Å². The first-order valence-corrected chi connectivity index (χ1v) is 11.3. The van der Waals surface area contributed by atoms with Crippen molar-refractivity contribution in [2.45, 2.75) is 25.4 Å². The number of aryl methyl sites for hydroxylation is 1. The van der Waals surface area contributed by atoms with E-state index in [2.05, 4.69) is 25.5 Å². The average molecular weight is 481 g/mol. The highest BCUT2D eigenvalue weighted by molar-refractivity contribution is 7.99. The van der Waals surface area contributed by atoms with Crippen molar-refractivity contribution < 1.29 is 9.18 Å². The SMILES string of the molecule is Cc1cccc(NC(=O)CSc2nnc(Cc3cc(=O)[nH]c(=O)[nH]3)n2-c2ccc(F)cc2)c1C. The van der Waals surface area contributed by atoms with Crippen molar-refractivity contribution in [3.63, 3.8) is 0 Å². The van der Waals surface area contributed by atoms with Gasteiger partial charge in [0.2, 0.25) is 5.91 Å². The van der Waals surface area contributed by atoms with E-state index in [1.54, 1.807) is 16.7 Å². The van der Waals surface area contributed by atoms with E-state index < -0.39 is 17.1 Å². The molecule has 3 N–H and O–H groups in total. The van der Waals surface area contributed by atoms with E-state index in [0.717, 1.165) is 28.6 Å². The molecule has 11 heteroatoms. The summed E-state index contributed by atoms with van der Waals surface area (Å²) in [7, 11) is 0. The molecule has 0 aliphatic rings. The van der Waals surface area contributed by atoms with Gasteiger partial charge in [0.05, 0.1) is 5.75 Å². The minimum Gasteiger partial charge on any atom is -0.325 e. The topological polar surface area (TPSA) is 126 Å². The molecular formula is C23H21FN6O3S.